The Morgan fingerprint density at radius 1 is 1.14 bits per heavy atom. The maximum Gasteiger partial charge on any atom is 0.153 e. The first kappa shape index (κ1) is 13.5. The Kier molecular flexibility index (Phi) is 3.54. The summed E-state index contributed by atoms with van der Waals surface area (Å²) < 4.78 is 15.2. The predicted molar refractivity (Wildman–Crippen MR) is 79.4 cm³/mol. The normalized spacial score (nSPS) is 10.6. The number of benzene rings is 2. The van der Waals surface area contributed by atoms with E-state index in [-0.39, 0.29) is 5.02 Å². The summed E-state index contributed by atoms with van der Waals surface area (Å²) in [7, 11) is 0. The van der Waals surface area contributed by atoms with Crippen molar-refractivity contribution in [3.8, 4) is 16.9 Å². The number of rotatable bonds is 3. The molecule has 2 aromatic carbocycles. The van der Waals surface area contributed by atoms with Crippen LogP contribution in [0.1, 0.15) is 10.4 Å². The zero-order chi connectivity index (χ0) is 14.8. The van der Waals surface area contributed by atoms with Gasteiger partial charge in [0.25, 0.3) is 0 Å². The third-order valence-electron chi connectivity index (χ3n) is 3.08. The molecule has 0 aliphatic rings. The van der Waals surface area contributed by atoms with E-state index in [2.05, 4.69) is 5.10 Å². The van der Waals surface area contributed by atoms with Crippen molar-refractivity contribution in [2.45, 2.75) is 0 Å². The van der Waals surface area contributed by atoms with E-state index in [1.165, 1.54) is 12.1 Å². The Bertz CT molecular complexity index is 799. The molecule has 1 aromatic heterocycles. The fourth-order valence-corrected chi connectivity index (χ4v) is 2.17. The number of hydrogen-bond donors (Lipinski definition) is 0. The van der Waals surface area contributed by atoms with Gasteiger partial charge in [0.15, 0.2) is 6.29 Å². The predicted octanol–water partition coefficient (Wildman–Crippen LogP) is 4.14. The SMILES string of the molecule is O=Cc1cn(-c2ccccc2)nc1-c1ccc(Cl)c(F)c1. The van der Waals surface area contributed by atoms with Gasteiger partial charge in [0.05, 0.1) is 16.3 Å². The van der Waals surface area contributed by atoms with Crippen molar-refractivity contribution in [2.75, 3.05) is 0 Å². The summed E-state index contributed by atoms with van der Waals surface area (Å²) in [5.41, 5.74) is 2.14. The lowest BCUT2D eigenvalue weighted by molar-refractivity contribution is 0.112. The Balaban J connectivity index is 2.12. The van der Waals surface area contributed by atoms with Gasteiger partial charge in [0.2, 0.25) is 0 Å². The van der Waals surface area contributed by atoms with E-state index in [1.807, 2.05) is 30.3 Å². The monoisotopic (exact) mass is 300 g/mol. The molecule has 0 saturated heterocycles. The van der Waals surface area contributed by atoms with Crippen LogP contribution >= 0.6 is 11.6 Å². The summed E-state index contributed by atoms with van der Waals surface area (Å²) in [6, 6.07) is 13.7. The highest BCUT2D eigenvalue weighted by Gasteiger charge is 2.13. The van der Waals surface area contributed by atoms with Crippen LogP contribution in [0.3, 0.4) is 0 Å². The smallest absolute Gasteiger partial charge is 0.153 e. The fraction of sp³-hybridized carbons (Fsp3) is 0. The Morgan fingerprint density at radius 3 is 2.57 bits per heavy atom. The van der Waals surface area contributed by atoms with Gasteiger partial charge in [0, 0.05) is 11.8 Å². The molecule has 0 fully saturated rings. The van der Waals surface area contributed by atoms with Crippen LogP contribution in [0, 0.1) is 5.82 Å². The number of para-hydroxylation sites is 1. The summed E-state index contributed by atoms with van der Waals surface area (Å²) in [6.45, 7) is 0. The molecule has 0 radical (unpaired) electrons. The molecular weight excluding hydrogens is 291 g/mol. The van der Waals surface area contributed by atoms with Gasteiger partial charge >= 0.3 is 0 Å². The van der Waals surface area contributed by atoms with Crippen molar-refractivity contribution < 1.29 is 9.18 Å². The van der Waals surface area contributed by atoms with Crippen LogP contribution < -0.4 is 0 Å². The highest BCUT2D eigenvalue weighted by atomic mass is 35.5. The average molecular weight is 301 g/mol. The molecule has 0 spiro atoms. The van der Waals surface area contributed by atoms with E-state index in [0.29, 0.717) is 23.1 Å². The molecule has 0 atom stereocenters. The highest BCUT2D eigenvalue weighted by Crippen LogP contribution is 2.26. The van der Waals surface area contributed by atoms with Crippen molar-refractivity contribution in [3.05, 3.63) is 71.1 Å². The Labute approximate surface area is 125 Å². The number of hydrogen-bond acceptors (Lipinski definition) is 2. The molecule has 21 heavy (non-hydrogen) atoms. The molecule has 0 N–H and O–H groups in total. The zero-order valence-electron chi connectivity index (χ0n) is 10.8. The summed E-state index contributed by atoms with van der Waals surface area (Å²) in [5, 5.41) is 4.40. The van der Waals surface area contributed by atoms with Crippen LogP contribution in [-0.2, 0) is 0 Å². The number of carbonyl (C=O) groups is 1. The van der Waals surface area contributed by atoms with E-state index in [0.717, 1.165) is 5.69 Å². The van der Waals surface area contributed by atoms with E-state index < -0.39 is 5.82 Å². The minimum absolute atomic E-state index is 0.0360. The molecule has 0 aliphatic carbocycles. The van der Waals surface area contributed by atoms with Crippen molar-refractivity contribution >= 4 is 17.9 Å². The Morgan fingerprint density at radius 2 is 1.90 bits per heavy atom. The third-order valence-corrected chi connectivity index (χ3v) is 3.39. The summed E-state index contributed by atoms with van der Waals surface area (Å²) in [5.74, 6) is -0.541. The molecule has 3 aromatic rings. The fourth-order valence-electron chi connectivity index (χ4n) is 2.05. The molecule has 1 heterocycles. The van der Waals surface area contributed by atoms with Gasteiger partial charge in [-0.15, -0.1) is 0 Å². The van der Waals surface area contributed by atoms with E-state index in [1.54, 1.807) is 16.9 Å². The number of aldehydes is 1. The minimum Gasteiger partial charge on any atom is -0.298 e. The van der Waals surface area contributed by atoms with Crippen LogP contribution in [0.5, 0.6) is 0 Å². The lowest BCUT2D eigenvalue weighted by Crippen LogP contribution is -1.94. The summed E-state index contributed by atoms with van der Waals surface area (Å²) >= 11 is 5.67. The Hall–Kier alpha value is -2.46. The molecule has 0 amide bonds. The molecule has 3 nitrogen and oxygen atoms in total. The maximum absolute atomic E-state index is 13.6. The van der Waals surface area contributed by atoms with Gasteiger partial charge in [-0.05, 0) is 24.3 Å². The second-order valence-electron chi connectivity index (χ2n) is 4.46. The topological polar surface area (TPSA) is 34.9 Å². The number of halogens is 2. The molecule has 0 aliphatic heterocycles. The molecule has 104 valence electrons. The van der Waals surface area contributed by atoms with Crippen LogP contribution in [0.4, 0.5) is 4.39 Å². The van der Waals surface area contributed by atoms with Crippen molar-refractivity contribution in [1.29, 1.82) is 0 Å². The number of carbonyl (C=O) groups excluding carboxylic acids is 1. The average Bonchev–Trinajstić information content (AvgIpc) is 2.95. The van der Waals surface area contributed by atoms with E-state index in [4.69, 9.17) is 11.6 Å². The second kappa shape index (κ2) is 5.50. The van der Waals surface area contributed by atoms with Crippen LogP contribution in [0.25, 0.3) is 16.9 Å². The van der Waals surface area contributed by atoms with Crippen LogP contribution in [-0.4, -0.2) is 16.1 Å². The van der Waals surface area contributed by atoms with E-state index in [9.17, 15) is 9.18 Å². The molecular formula is C16H10ClFN2O. The van der Waals surface area contributed by atoms with Crippen molar-refractivity contribution in [2.24, 2.45) is 0 Å². The zero-order valence-corrected chi connectivity index (χ0v) is 11.6. The lowest BCUT2D eigenvalue weighted by Gasteiger charge is -2.01. The number of aromatic nitrogens is 2. The van der Waals surface area contributed by atoms with Gasteiger partial charge in [0.1, 0.15) is 11.5 Å². The first-order valence-corrected chi connectivity index (χ1v) is 6.62. The van der Waals surface area contributed by atoms with Crippen LogP contribution in [0.15, 0.2) is 54.7 Å². The number of nitrogens with zero attached hydrogens (tertiary/aromatic N) is 2. The van der Waals surface area contributed by atoms with Gasteiger partial charge in [-0.25, -0.2) is 9.07 Å². The highest BCUT2D eigenvalue weighted by molar-refractivity contribution is 6.30. The van der Waals surface area contributed by atoms with Crippen molar-refractivity contribution in [3.63, 3.8) is 0 Å². The molecule has 0 saturated carbocycles. The molecule has 5 heteroatoms. The quantitative estimate of drug-likeness (QED) is 0.681. The second-order valence-corrected chi connectivity index (χ2v) is 4.87. The van der Waals surface area contributed by atoms with Gasteiger partial charge in [-0.2, -0.15) is 5.10 Å². The molecule has 3 rings (SSSR count). The molecule has 0 unspecified atom stereocenters. The molecule has 0 bridgehead atoms. The van der Waals surface area contributed by atoms with Crippen LogP contribution in [0.2, 0.25) is 5.02 Å². The lowest BCUT2D eigenvalue weighted by atomic mass is 10.1. The maximum atomic E-state index is 13.6. The standard InChI is InChI=1S/C16H10ClFN2O/c17-14-7-6-11(8-15(14)18)16-12(10-21)9-20(19-16)13-4-2-1-3-5-13/h1-10H. The van der Waals surface area contributed by atoms with Gasteiger partial charge in [-0.3, -0.25) is 4.79 Å². The van der Waals surface area contributed by atoms with Gasteiger partial charge < -0.3 is 0 Å². The summed E-state index contributed by atoms with van der Waals surface area (Å²) in [4.78, 5) is 11.2. The first-order valence-electron chi connectivity index (χ1n) is 6.25. The minimum atomic E-state index is -0.541. The first-order chi connectivity index (χ1) is 10.2. The summed E-state index contributed by atoms with van der Waals surface area (Å²) in [6.07, 6.45) is 2.32. The van der Waals surface area contributed by atoms with E-state index >= 15 is 0 Å². The largest absolute Gasteiger partial charge is 0.298 e. The third kappa shape index (κ3) is 2.58. The van der Waals surface area contributed by atoms with Gasteiger partial charge in [-0.1, -0.05) is 35.9 Å². The van der Waals surface area contributed by atoms with Crippen molar-refractivity contribution in [1.82, 2.24) is 9.78 Å².